The third-order valence-electron chi connectivity index (χ3n) is 0.795. The second-order valence-corrected chi connectivity index (χ2v) is 2.26. The summed E-state index contributed by atoms with van der Waals surface area (Å²) < 4.78 is 12.6. The number of hydrogen-bond donors (Lipinski definition) is 1. The first-order valence-corrected chi connectivity index (χ1v) is 4.00. The maximum absolute atomic E-state index is 12.2. The Morgan fingerprint density at radius 2 is 2.00 bits per heavy atom. The molecule has 1 N–H and O–H groups in total. The number of rotatable bonds is 0. The molecule has 0 bridgehead atoms. The molecule has 1 aromatic heterocycles. The van der Waals surface area contributed by atoms with Crippen LogP contribution in [0.25, 0.3) is 0 Å². The van der Waals surface area contributed by atoms with Gasteiger partial charge in [-0.3, -0.25) is 0 Å². The highest BCUT2D eigenvalue weighted by Crippen LogP contribution is 2.15. The van der Waals surface area contributed by atoms with Gasteiger partial charge in [-0.15, -0.1) is 0 Å². The minimum Gasteiger partial charge on any atom is -0.504 e. The van der Waals surface area contributed by atoms with E-state index < -0.39 is 11.7 Å². The Hall–Kier alpha value is -0.640. The normalized spacial score (nSPS) is 8.36. The molecule has 0 fully saturated rings. The van der Waals surface area contributed by atoms with Crippen LogP contribution in [0.1, 0.15) is 13.8 Å². The molecule has 1 heterocycles. The Balaban J connectivity index is 0.000000461. The molecule has 0 aliphatic heterocycles. The van der Waals surface area contributed by atoms with Gasteiger partial charge in [0.15, 0.2) is 5.75 Å². The molecule has 2 nitrogen and oxygen atoms in total. The predicted molar refractivity (Wildman–Crippen MR) is 44.9 cm³/mol. The van der Waals surface area contributed by atoms with Crippen molar-refractivity contribution in [3.63, 3.8) is 0 Å². The van der Waals surface area contributed by atoms with Crippen molar-refractivity contribution in [1.82, 2.24) is 4.98 Å². The molecular formula is C7H9BrFNO. The predicted octanol–water partition coefficient (Wildman–Crippen LogP) is 2.72. The van der Waals surface area contributed by atoms with E-state index in [-0.39, 0.29) is 0 Å². The van der Waals surface area contributed by atoms with Crippen LogP contribution in [-0.2, 0) is 0 Å². The molecular weight excluding hydrogens is 213 g/mol. The highest BCUT2D eigenvalue weighted by atomic mass is 79.9. The maximum atomic E-state index is 12.2. The summed E-state index contributed by atoms with van der Waals surface area (Å²) in [5, 5.41) is 8.59. The smallest absolute Gasteiger partial charge is 0.256 e. The van der Waals surface area contributed by atoms with Crippen LogP contribution in [0.5, 0.6) is 5.75 Å². The van der Waals surface area contributed by atoms with Gasteiger partial charge in [-0.05, 0) is 28.1 Å². The Kier molecular flexibility index (Phi) is 4.77. The van der Waals surface area contributed by atoms with Gasteiger partial charge in [0, 0.05) is 0 Å². The molecule has 1 rings (SSSR count). The van der Waals surface area contributed by atoms with Gasteiger partial charge in [-0.2, -0.15) is 4.39 Å². The minimum atomic E-state index is -0.857. The van der Waals surface area contributed by atoms with Crippen molar-refractivity contribution in [3.8, 4) is 5.75 Å². The van der Waals surface area contributed by atoms with Crippen molar-refractivity contribution >= 4 is 15.9 Å². The van der Waals surface area contributed by atoms with E-state index in [1.807, 2.05) is 13.8 Å². The lowest BCUT2D eigenvalue weighted by Crippen LogP contribution is -1.81. The third kappa shape index (κ3) is 3.32. The second-order valence-electron chi connectivity index (χ2n) is 1.44. The molecule has 0 saturated heterocycles. The van der Waals surface area contributed by atoms with Crippen molar-refractivity contribution in [2.24, 2.45) is 0 Å². The summed E-state index contributed by atoms with van der Waals surface area (Å²) in [7, 11) is 0. The van der Waals surface area contributed by atoms with Crippen molar-refractivity contribution < 1.29 is 9.50 Å². The molecule has 0 radical (unpaired) electrons. The van der Waals surface area contributed by atoms with Gasteiger partial charge >= 0.3 is 0 Å². The quantitative estimate of drug-likeness (QED) is 0.684. The zero-order valence-electron chi connectivity index (χ0n) is 6.31. The van der Waals surface area contributed by atoms with E-state index in [4.69, 9.17) is 5.11 Å². The van der Waals surface area contributed by atoms with Gasteiger partial charge in [0.25, 0.3) is 5.95 Å². The standard InChI is InChI=1S/C5H3BrFNO.C2H6/c6-4-2-1-3(9)5(7)8-4;1-2/h1-2,9H;1-2H3. The topological polar surface area (TPSA) is 33.1 Å². The van der Waals surface area contributed by atoms with Gasteiger partial charge in [0.2, 0.25) is 0 Å². The lowest BCUT2D eigenvalue weighted by Gasteiger charge is -1.91. The first-order chi connectivity index (χ1) is 5.20. The zero-order chi connectivity index (χ0) is 8.85. The van der Waals surface area contributed by atoms with E-state index >= 15 is 0 Å². The van der Waals surface area contributed by atoms with Crippen LogP contribution in [0.4, 0.5) is 4.39 Å². The Labute approximate surface area is 73.2 Å². The molecule has 4 heteroatoms. The van der Waals surface area contributed by atoms with Crippen LogP contribution in [0.15, 0.2) is 16.7 Å². The summed E-state index contributed by atoms with van der Waals surface area (Å²) in [6, 6.07) is 2.69. The number of pyridine rings is 1. The molecule has 0 saturated carbocycles. The highest BCUT2D eigenvalue weighted by Gasteiger charge is 1.99. The largest absolute Gasteiger partial charge is 0.504 e. The number of hydrogen-bond acceptors (Lipinski definition) is 2. The maximum Gasteiger partial charge on any atom is 0.256 e. The summed E-state index contributed by atoms with van der Waals surface area (Å²) in [5.41, 5.74) is 0. The fourth-order valence-electron chi connectivity index (χ4n) is 0.405. The average molecular weight is 222 g/mol. The van der Waals surface area contributed by atoms with Crippen LogP contribution >= 0.6 is 15.9 Å². The molecule has 62 valence electrons. The van der Waals surface area contributed by atoms with Crippen molar-refractivity contribution in [2.45, 2.75) is 13.8 Å². The van der Waals surface area contributed by atoms with Crippen LogP contribution in [-0.4, -0.2) is 10.1 Å². The monoisotopic (exact) mass is 221 g/mol. The molecule has 1 aromatic rings. The highest BCUT2D eigenvalue weighted by molar-refractivity contribution is 9.10. The SMILES string of the molecule is CC.Oc1ccc(Br)nc1F. The van der Waals surface area contributed by atoms with Crippen molar-refractivity contribution in [1.29, 1.82) is 0 Å². The Morgan fingerprint density at radius 1 is 1.45 bits per heavy atom. The molecule has 0 spiro atoms. The van der Waals surface area contributed by atoms with Crippen molar-refractivity contribution in [3.05, 3.63) is 22.7 Å². The van der Waals surface area contributed by atoms with E-state index in [9.17, 15) is 4.39 Å². The van der Waals surface area contributed by atoms with Crippen LogP contribution in [0.2, 0.25) is 0 Å². The van der Waals surface area contributed by atoms with Gasteiger partial charge in [-0.25, -0.2) is 4.98 Å². The lowest BCUT2D eigenvalue weighted by atomic mass is 10.5. The molecule has 0 aliphatic rings. The minimum absolute atomic E-state index is 0.373. The number of nitrogens with zero attached hydrogens (tertiary/aromatic N) is 1. The molecule has 0 amide bonds. The van der Waals surface area contributed by atoms with Gasteiger partial charge in [-0.1, -0.05) is 13.8 Å². The van der Waals surface area contributed by atoms with Gasteiger partial charge in [0.05, 0.1) is 0 Å². The first kappa shape index (κ1) is 10.4. The van der Waals surface area contributed by atoms with E-state index in [0.717, 1.165) is 0 Å². The third-order valence-corrected chi connectivity index (χ3v) is 1.24. The van der Waals surface area contributed by atoms with Crippen LogP contribution in [0.3, 0.4) is 0 Å². The molecule has 0 unspecified atom stereocenters. The molecule has 0 aromatic carbocycles. The van der Waals surface area contributed by atoms with Gasteiger partial charge < -0.3 is 5.11 Å². The van der Waals surface area contributed by atoms with E-state index in [1.165, 1.54) is 12.1 Å². The summed E-state index contributed by atoms with van der Waals surface area (Å²) in [4.78, 5) is 3.27. The first-order valence-electron chi connectivity index (χ1n) is 3.21. The molecule has 0 aliphatic carbocycles. The van der Waals surface area contributed by atoms with E-state index in [0.29, 0.717) is 4.60 Å². The fourth-order valence-corrected chi connectivity index (χ4v) is 0.693. The van der Waals surface area contributed by atoms with E-state index in [1.54, 1.807) is 0 Å². The fraction of sp³-hybridized carbons (Fsp3) is 0.286. The number of halogens is 2. The average Bonchev–Trinajstić information content (AvgIpc) is 2.02. The second kappa shape index (κ2) is 5.07. The van der Waals surface area contributed by atoms with Crippen LogP contribution < -0.4 is 0 Å². The Morgan fingerprint density at radius 3 is 2.36 bits per heavy atom. The summed E-state index contributed by atoms with van der Waals surface area (Å²) >= 11 is 2.93. The summed E-state index contributed by atoms with van der Waals surface area (Å²) in [6.45, 7) is 4.00. The lowest BCUT2D eigenvalue weighted by molar-refractivity contribution is 0.418. The number of aromatic hydroxyl groups is 1. The summed E-state index contributed by atoms with van der Waals surface area (Å²) in [6.07, 6.45) is 0. The number of aromatic nitrogens is 1. The zero-order valence-corrected chi connectivity index (χ0v) is 7.89. The summed E-state index contributed by atoms with van der Waals surface area (Å²) in [5.74, 6) is -1.29. The van der Waals surface area contributed by atoms with Crippen LogP contribution in [0, 0.1) is 5.95 Å². The molecule has 11 heavy (non-hydrogen) atoms. The van der Waals surface area contributed by atoms with E-state index in [2.05, 4.69) is 20.9 Å². The molecule has 0 atom stereocenters. The Bertz CT molecular complexity index is 230. The van der Waals surface area contributed by atoms with Gasteiger partial charge in [0.1, 0.15) is 4.60 Å². The van der Waals surface area contributed by atoms with Crippen molar-refractivity contribution in [2.75, 3.05) is 0 Å².